The molecule has 1 aliphatic heterocycles. The van der Waals surface area contributed by atoms with Gasteiger partial charge in [-0.25, -0.2) is 9.18 Å². The van der Waals surface area contributed by atoms with Crippen LogP contribution >= 0.6 is 0 Å². The number of ether oxygens (including phenoxy) is 1. The second-order valence-corrected chi connectivity index (χ2v) is 6.85. The summed E-state index contributed by atoms with van der Waals surface area (Å²) >= 11 is 0. The van der Waals surface area contributed by atoms with Gasteiger partial charge in [0.1, 0.15) is 11.4 Å². The summed E-state index contributed by atoms with van der Waals surface area (Å²) in [6, 6.07) is 4.65. The lowest BCUT2D eigenvalue weighted by Crippen LogP contribution is -2.40. The highest BCUT2D eigenvalue weighted by Crippen LogP contribution is 2.25. The first kappa shape index (κ1) is 16.6. The number of aryl methyl sites for hydroxylation is 1. The van der Waals surface area contributed by atoms with Crippen LogP contribution < -0.4 is 5.73 Å². The Morgan fingerprint density at radius 2 is 2.18 bits per heavy atom. The molecule has 0 saturated carbocycles. The minimum absolute atomic E-state index is 0.166. The number of carbonyl (C=O) groups is 1. The first-order chi connectivity index (χ1) is 10.3. The van der Waals surface area contributed by atoms with E-state index in [0.717, 1.165) is 37.8 Å². The summed E-state index contributed by atoms with van der Waals surface area (Å²) in [6.07, 6.45) is 3.26. The van der Waals surface area contributed by atoms with E-state index in [0.29, 0.717) is 5.69 Å². The molecule has 1 fully saturated rings. The van der Waals surface area contributed by atoms with E-state index in [4.69, 9.17) is 10.5 Å². The van der Waals surface area contributed by atoms with Gasteiger partial charge in [-0.1, -0.05) is 6.07 Å². The van der Waals surface area contributed by atoms with Crippen molar-refractivity contribution in [3.63, 3.8) is 0 Å². The first-order valence-electron chi connectivity index (χ1n) is 7.80. The smallest absolute Gasteiger partial charge is 0.410 e. The number of nitrogen functional groups attached to an aromatic ring is 1. The minimum atomic E-state index is -0.481. The van der Waals surface area contributed by atoms with E-state index in [1.807, 2.05) is 25.7 Å². The normalized spacial score (nSPS) is 18.5. The van der Waals surface area contributed by atoms with Crippen molar-refractivity contribution >= 4 is 11.8 Å². The zero-order chi connectivity index (χ0) is 16.3. The van der Waals surface area contributed by atoms with Gasteiger partial charge in [-0.15, -0.1) is 0 Å². The van der Waals surface area contributed by atoms with E-state index in [2.05, 4.69) is 0 Å². The number of hydrogen-bond acceptors (Lipinski definition) is 3. The lowest BCUT2D eigenvalue weighted by molar-refractivity contribution is 0.0220. The van der Waals surface area contributed by atoms with Crippen LogP contribution in [0.25, 0.3) is 0 Å². The molecular formula is C17H25FN2O2. The van der Waals surface area contributed by atoms with Gasteiger partial charge in [0.05, 0.1) is 0 Å². The monoisotopic (exact) mass is 308 g/mol. The highest BCUT2D eigenvalue weighted by atomic mass is 19.1. The van der Waals surface area contributed by atoms with Crippen LogP contribution in [0.4, 0.5) is 14.9 Å². The third kappa shape index (κ3) is 4.36. The second kappa shape index (κ2) is 6.55. The molecule has 1 aromatic carbocycles. The number of anilines is 1. The average Bonchev–Trinajstić information content (AvgIpc) is 2.84. The molecule has 1 saturated heterocycles. The van der Waals surface area contributed by atoms with E-state index in [1.54, 1.807) is 6.07 Å². The predicted octanol–water partition coefficient (Wildman–Crippen LogP) is 3.74. The molecular weight excluding hydrogens is 283 g/mol. The third-order valence-corrected chi connectivity index (χ3v) is 3.86. The zero-order valence-electron chi connectivity index (χ0n) is 13.6. The Kier molecular flexibility index (Phi) is 4.94. The quantitative estimate of drug-likeness (QED) is 0.865. The maximum atomic E-state index is 13.1. The molecule has 1 atom stereocenters. The number of halogens is 1. The summed E-state index contributed by atoms with van der Waals surface area (Å²) in [5, 5.41) is 0. The fourth-order valence-corrected chi connectivity index (χ4v) is 2.81. The molecule has 4 nitrogen and oxygen atoms in total. The summed E-state index contributed by atoms with van der Waals surface area (Å²) < 4.78 is 18.5. The van der Waals surface area contributed by atoms with Gasteiger partial charge in [-0.2, -0.15) is 0 Å². The molecule has 0 radical (unpaired) electrons. The van der Waals surface area contributed by atoms with Crippen LogP contribution in [0.1, 0.15) is 45.6 Å². The number of nitrogens with zero attached hydrogens (tertiary/aromatic N) is 1. The summed E-state index contributed by atoms with van der Waals surface area (Å²) in [4.78, 5) is 14.0. The van der Waals surface area contributed by atoms with Crippen LogP contribution in [-0.2, 0) is 11.2 Å². The van der Waals surface area contributed by atoms with Gasteiger partial charge in [0.25, 0.3) is 0 Å². The predicted molar refractivity (Wildman–Crippen MR) is 85.1 cm³/mol. The summed E-state index contributed by atoms with van der Waals surface area (Å²) in [5.41, 5.74) is 6.76. The van der Waals surface area contributed by atoms with Crippen LogP contribution in [-0.4, -0.2) is 29.2 Å². The molecule has 2 N–H and O–H groups in total. The molecule has 22 heavy (non-hydrogen) atoms. The lowest BCUT2D eigenvalue weighted by atomic mass is 10.0. The van der Waals surface area contributed by atoms with Crippen molar-refractivity contribution in [3.8, 4) is 0 Å². The summed E-state index contributed by atoms with van der Waals surface area (Å²) in [7, 11) is 0. The fraction of sp³-hybridized carbons (Fsp3) is 0.588. The Morgan fingerprint density at radius 3 is 2.82 bits per heavy atom. The van der Waals surface area contributed by atoms with E-state index < -0.39 is 5.60 Å². The van der Waals surface area contributed by atoms with Crippen molar-refractivity contribution < 1.29 is 13.9 Å². The van der Waals surface area contributed by atoms with Gasteiger partial charge in [-0.05, 0) is 64.2 Å². The van der Waals surface area contributed by atoms with Crippen molar-refractivity contribution in [1.29, 1.82) is 0 Å². The van der Waals surface area contributed by atoms with Crippen LogP contribution in [0.2, 0.25) is 0 Å². The third-order valence-electron chi connectivity index (χ3n) is 3.86. The Labute approximate surface area is 131 Å². The largest absolute Gasteiger partial charge is 0.444 e. The van der Waals surface area contributed by atoms with Crippen LogP contribution in [0, 0.1) is 5.82 Å². The number of nitrogens with two attached hydrogens (primary N) is 1. The first-order valence-corrected chi connectivity index (χ1v) is 7.80. The number of carbonyl (C=O) groups excluding carboxylic acids is 1. The number of hydrogen-bond donors (Lipinski definition) is 1. The molecule has 0 spiro atoms. The standard InChI is InChI=1S/C17H25FN2O2/c1-17(2,3)22-16(21)20-10-4-5-14(20)9-7-12-6-8-13(18)11-15(12)19/h6,8,11,14H,4-5,7,9-10,19H2,1-3H3/t14-/m0/s1. The molecule has 1 aliphatic rings. The van der Waals surface area contributed by atoms with Gasteiger partial charge in [-0.3, -0.25) is 0 Å². The van der Waals surface area contributed by atoms with Crippen molar-refractivity contribution in [1.82, 2.24) is 4.90 Å². The Morgan fingerprint density at radius 1 is 1.45 bits per heavy atom. The van der Waals surface area contributed by atoms with Gasteiger partial charge < -0.3 is 15.4 Å². The highest BCUT2D eigenvalue weighted by molar-refractivity contribution is 5.69. The van der Waals surface area contributed by atoms with E-state index in [1.165, 1.54) is 12.1 Å². The van der Waals surface area contributed by atoms with E-state index in [-0.39, 0.29) is 18.0 Å². The van der Waals surface area contributed by atoms with E-state index in [9.17, 15) is 9.18 Å². The van der Waals surface area contributed by atoms with Crippen LogP contribution in [0.3, 0.4) is 0 Å². The van der Waals surface area contributed by atoms with Gasteiger partial charge >= 0.3 is 6.09 Å². The van der Waals surface area contributed by atoms with Crippen molar-refractivity contribution in [2.75, 3.05) is 12.3 Å². The summed E-state index contributed by atoms with van der Waals surface area (Å²) in [5.74, 6) is -0.322. The maximum Gasteiger partial charge on any atom is 0.410 e. The Balaban J connectivity index is 1.95. The topological polar surface area (TPSA) is 55.6 Å². The molecule has 122 valence electrons. The number of rotatable bonds is 3. The fourth-order valence-electron chi connectivity index (χ4n) is 2.81. The Bertz CT molecular complexity index is 540. The molecule has 0 aliphatic carbocycles. The van der Waals surface area contributed by atoms with Gasteiger partial charge in [0.2, 0.25) is 0 Å². The molecule has 2 rings (SSSR count). The zero-order valence-corrected chi connectivity index (χ0v) is 13.6. The highest BCUT2D eigenvalue weighted by Gasteiger charge is 2.31. The molecule has 5 heteroatoms. The minimum Gasteiger partial charge on any atom is -0.444 e. The van der Waals surface area contributed by atoms with Gasteiger partial charge in [0, 0.05) is 18.3 Å². The Hall–Kier alpha value is -1.78. The van der Waals surface area contributed by atoms with Gasteiger partial charge in [0.15, 0.2) is 0 Å². The number of benzene rings is 1. The molecule has 1 aromatic rings. The van der Waals surface area contributed by atoms with Crippen LogP contribution in [0.5, 0.6) is 0 Å². The van der Waals surface area contributed by atoms with Crippen molar-refractivity contribution in [2.45, 2.75) is 58.1 Å². The second-order valence-electron chi connectivity index (χ2n) is 6.85. The molecule has 1 amide bonds. The lowest BCUT2D eigenvalue weighted by Gasteiger charge is -2.28. The summed E-state index contributed by atoms with van der Waals surface area (Å²) in [6.45, 7) is 6.35. The average molecular weight is 308 g/mol. The molecule has 0 aromatic heterocycles. The van der Waals surface area contributed by atoms with Crippen molar-refractivity contribution in [2.24, 2.45) is 0 Å². The number of amides is 1. The molecule has 0 bridgehead atoms. The maximum absolute atomic E-state index is 13.1. The van der Waals surface area contributed by atoms with Crippen LogP contribution in [0.15, 0.2) is 18.2 Å². The van der Waals surface area contributed by atoms with E-state index >= 15 is 0 Å². The number of likely N-dealkylation sites (tertiary alicyclic amines) is 1. The molecule has 1 heterocycles. The van der Waals surface area contributed by atoms with Crippen molar-refractivity contribution in [3.05, 3.63) is 29.6 Å². The molecule has 0 unspecified atom stereocenters. The SMILES string of the molecule is CC(C)(C)OC(=O)N1CCC[C@H]1CCc1ccc(F)cc1N.